The van der Waals surface area contributed by atoms with Gasteiger partial charge in [0.15, 0.2) is 17.9 Å². The molecule has 0 unspecified atom stereocenters. The summed E-state index contributed by atoms with van der Waals surface area (Å²) in [6.07, 6.45) is -1.49. The van der Waals surface area contributed by atoms with Crippen LogP contribution in [0.2, 0.25) is 0 Å². The van der Waals surface area contributed by atoms with Crippen LogP contribution in [0.1, 0.15) is 47.1 Å². The lowest BCUT2D eigenvalue weighted by Crippen LogP contribution is -2.56. The van der Waals surface area contributed by atoms with Gasteiger partial charge >= 0.3 is 0 Å². The van der Waals surface area contributed by atoms with Crippen LogP contribution in [0.3, 0.4) is 0 Å². The monoisotopic (exact) mass is 408 g/mol. The third kappa shape index (κ3) is 4.76. The van der Waals surface area contributed by atoms with Crippen molar-refractivity contribution in [2.75, 3.05) is 6.61 Å². The Morgan fingerprint density at radius 1 is 0.862 bits per heavy atom. The maximum atomic E-state index is 6.16. The summed E-state index contributed by atoms with van der Waals surface area (Å²) < 4.78 is 42.0. The van der Waals surface area contributed by atoms with Crippen LogP contribution in [0.4, 0.5) is 0 Å². The Balaban J connectivity index is 1.37. The summed E-state index contributed by atoms with van der Waals surface area (Å²) in [7, 11) is 0. The molecule has 5 atom stereocenters. The molecule has 29 heavy (non-hydrogen) atoms. The second-order valence-electron chi connectivity index (χ2n) is 9.03. The second-order valence-corrected chi connectivity index (χ2v) is 9.03. The van der Waals surface area contributed by atoms with Gasteiger partial charge in [0.1, 0.15) is 30.2 Å². The first-order valence-corrected chi connectivity index (χ1v) is 10.3. The van der Waals surface area contributed by atoms with Crippen LogP contribution in [-0.4, -0.2) is 55.0 Å². The average molecular weight is 408 g/mol. The molecule has 0 bridgehead atoms. The second kappa shape index (κ2) is 7.80. The Bertz CT molecular complexity index is 700. The third-order valence-corrected chi connectivity index (χ3v) is 5.10. The highest BCUT2D eigenvalue weighted by Crippen LogP contribution is 2.44. The van der Waals surface area contributed by atoms with E-state index in [0.717, 1.165) is 11.3 Å². The zero-order valence-corrected chi connectivity index (χ0v) is 18.0. The molecule has 4 rings (SSSR count). The number of hydrogen-bond acceptors (Lipinski definition) is 7. The first-order valence-electron chi connectivity index (χ1n) is 10.3. The number of ether oxygens (including phenoxy) is 7. The van der Waals surface area contributed by atoms with E-state index in [1.54, 1.807) is 0 Å². The molecular weight excluding hydrogens is 376 g/mol. The largest absolute Gasteiger partial charge is 0.491 e. The molecule has 3 fully saturated rings. The summed E-state index contributed by atoms with van der Waals surface area (Å²) in [6.45, 7) is 12.4. The van der Waals surface area contributed by atoms with Gasteiger partial charge in [-0.1, -0.05) is 12.1 Å². The molecule has 3 aliphatic rings. The summed E-state index contributed by atoms with van der Waals surface area (Å²) in [6, 6.07) is 7.93. The van der Waals surface area contributed by atoms with E-state index in [9.17, 15) is 0 Å². The zero-order valence-electron chi connectivity index (χ0n) is 18.0. The molecule has 162 valence electrons. The fourth-order valence-corrected chi connectivity index (χ4v) is 4.06. The van der Waals surface area contributed by atoms with Crippen LogP contribution in [-0.2, 0) is 35.0 Å². The third-order valence-electron chi connectivity index (χ3n) is 5.10. The highest BCUT2D eigenvalue weighted by Gasteiger charge is 2.60. The van der Waals surface area contributed by atoms with E-state index in [0.29, 0.717) is 13.2 Å². The lowest BCUT2D eigenvalue weighted by Gasteiger charge is -2.37. The first kappa shape index (κ1) is 21.0. The highest BCUT2D eigenvalue weighted by atomic mass is 16.9. The summed E-state index contributed by atoms with van der Waals surface area (Å²) >= 11 is 0. The minimum atomic E-state index is -0.717. The quantitative estimate of drug-likeness (QED) is 0.715. The van der Waals surface area contributed by atoms with Crippen LogP contribution in [0, 0.1) is 0 Å². The molecule has 0 amide bonds. The van der Waals surface area contributed by atoms with Crippen molar-refractivity contribution in [3.05, 3.63) is 29.8 Å². The molecular formula is C22H32O7. The lowest BCUT2D eigenvalue weighted by molar-refractivity contribution is -0.243. The van der Waals surface area contributed by atoms with Crippen molar-refractivity contribution in [3.63, 3.8) is 0 Å². The molecule has 0 spiro atoms. The van der Waals surface area contributed by atoms with Crippen molar-refractivity contribution in [1.82, 2.24) is 0 Å². The van der Waals surface area contributed by atoms with E-state index >= 15 is 0 Å². The fraction of sp³-hybridized carbons (Fsp3) is 0.727. The Morgan fingerprint density at radius 2 is 1.48 bits per heavy atom. The molecule has 7 nitrogen and oxygen atoms in total. The Hall–Kier alpha value is -1.22. The highest BCUT2D eigenvalue weighted by molar-refractivity contribution is 5.27. The Kier molecular flexibility index (Phi) is 5.65. The summed E-state index contributed by atoms with van der Waals surface area (Å²) in [5.41, 5.74) is 1.07. The molecule has 1 aromatic rings. The van der Waals surface area contributed by atoms with Crippen molar-refractivity contribution < 1.29 is 33.2 Å². The van der Waals surface area contributed by atoms with Crippen LogP contribution < -0.4 is 4.74 Å². The number of rotatable bonds is 6. The van der Waals surface area contributed by atoms with E-state index in [4.69, 9.17) is 33.2 Å². The number of hydrogen-bond donors (Lipinski definition) is 0. The standard InChI is InChI=1S/C22H32O7/c1-13(2)24-15-9-7-14(8-10-15)11-23-12-16-17-18(27-21(3,4)26-17)19-20(25-16)29-22(5,6)28-19/h7-10,13,16-20H,11-12H2,1-6H3/t16-,17+,18-,19-,20+/m0/s1. The topological polar surface area (TPSA) is 64.6 Å². The number of benzene rings is 1. The van der Waals surface area contributed by atoms with Gasteiger partial charge in [0.2, 0.25) is 0 Å². The van der Waals surface area contributed by atoms with Crippen LogP contribution in [0.25, 0.3) is 0 Å². The van der Waals surface area contributed by atoms with Crippen molar-refractivity contribution >= 4 is 0 Å². The molecule has 3 aliphatic heterocycles. The summed E-state index contributed by atoms with van der Waals surface area (Å²) in [5, 5.41) is 0. The van der Waals surface area contributed by atoms with Crippen molar-refractivity contribution in [2.24, 2.45) is 0 Å². The molecule has 3 heterocycles. The SMILES string of the molecule is CC(C)Oc1ccc(COC[C@@H]2O[C@@H]3OC(C)(C)O[C@H]3[C@H]3OC(C)(C)O[C@@H]32)cc1. The maximum absolute atomic E-state index is 6.16. The van der Waals surface area contributed by atoms with Gasteiger partial charge in [-0.25, -0.2) is 0 Å². The van der Waals surface area contributed by atoms with E-state index in [2.05, 4.69) is 0 Å². The van der Waals surface area contributed by atoms with Gasteiger partial charge in [-0.2, -0.15) is 0 Å². The van der Waals surface area contributed by atoms with Gasteiger partial charge in [0.05, 0.1) is 19.3 Å². The molecule has 1 aromatic carbocycles. The minimum absolute atomic E-state index is 0.155. The van der Waals surface area contributed by atoms with Gasteiger partial charge in [0.25, 0.3) is 0 Å². The first-order chi connectivity index (χ1) is 13.6. The minimum Gasteiger partial charge on any atom is -0.491 e. The molecule has 0 aliphatic carbocycles. The Labute approximate surface area is 172 Å². The van der Waals surface area contributed by atoms with Crippen LogP contribution >= 0.6 is 0 Å². The van der Waals surface area contributed by atoms with Gasteiger partial charge in [-0.3, -0.25) is 0 Å². The summed E-state index contributed by atoms with van der Waals surface area (Å²) in [5.74, 6) is -0.562. The van der Waals surface area contributed by atoms with Crippen LogP contribution in [0.5, 0.6) is 5.75 Å². The molecule has 0 aromatic heterocycles. The van der Waals surface area contributed by atoms with E-state index < -0.39 is 17.9 Å². The molecule has 0 radical (unpaired) electrons. The summed E-state index contributed by atoms with van der Waals surface area (Å²) in [4.78, 5) is 0. The smallest absolute Gasteiger partial charge is 0.190 e. The Morgan fingerprint density at radius 3 is 2.17 bits per heavy atom. The number of fused-ring (bicyclic) bond motifs is 3. The van der Waals surface area contributed by atoms with Gasteiger partial charge in [0, 0.05) is 0 Å². The van der Waals surface area contributed by atoms with Crippen molar-refractivity contribution in [2.45, 2.75) is 96.5 Å². The predicted molar refractivity (Wildman–Crippen MR) is 104 cm³/mol. The fourth-order valence-electron chi connectivity index (χ4n) is 4.06. The van der Waals surface area contributed by atoms with E-state index in [1.165, 1.54) is 0 Å². The normalized spacial score (nSPS) is 34.8. The lowest BCUT2D eigenvalue weighted by atomic mass is 9.99. The van der Waals surface area contributed by atoms with Gasteiger partial charge in [-0.15, -0.1) is 0 Å². The molecule has 0 saturated carbocycles. The van der Waals surface area contributed by atoms with E-state index in [1.807, 2.05) is 65.8 Å². The van der Waals surface area contributed by atoms with Crippen molar-refractivity contribution in [1.29, 1.82) is 0 Å². The molecule has 0 N–H and O–H groups in total. The maximum Gasteiger partial charge on any atom is 0.190 e. The van der Waals surface area contributed by atoms with Gasteiger partial charge in [-0.05, 0) is 59.2 Å². The van der Waals surface area contributed by atoms with Crippen LogP contribution in [0.15, 0.2) is 24.3 Å². The molecule has 7 heteroatoms. The van der Waals surface area contributed by atoms with Crippen molar-refractivity contribution in [3.8, 4) is 5.75 Å². The predicted octanol–water partition coefficient (Wildman–Crippen LogP) is 3.39. The molecule has 3 saturated heterocycles. The average Bonchev–Trinajstić information content (AvgIpc) is 3.10. The van der Waals surface area contributed by atoms with E-state index in [-0.39, 0.29) is 30.5 Å². The van der Waals surface area contributed by atoms with Gasteiger partial charge < -0.3 is 33.2 Å². The zero-order chi connectivity index (χ0) is 20.8.